The molecule has 2 fully saturated rings. The van der Waals surface area contributed by atoms with Crippen molar-refractivity contribution in [2.24, 2.45) is 5.92 Å². The summed E-state index contributed by atoms with van der Waals surface area (Å²) in [6.45, 7) is 5.26. The Hall–Kier alpha value is -0.120. The van der Waals surface area contributed by atoms with Gasteiger partial charge in [-0.25, -0.2) is 0 Å². The van der Waals surface area contributed by atoms with E-state index in [1.54, 1.807) is 0 Å². The van der Waals surface area contributed by atoms with Crippen molar-refractivity contribution < 1.29 is 5.11 Å². The largest absolute Gasteiger partial charge is 0.396 e. The Balaban J connectivity index is 1.82. The molecule has 2 aliphatic heterocycles. The number of rotatable bonds is 3. The SMILES string of the molecule is OCCC1CCCN(C2CCCNCC2)C1. The second kappa shape index (κ2) is 6.58. The summed E-state index contributed by atoms with van der Waals surface area (Å²) < 4.78 is 0. The molecule has 2 heterocycles. The number of likely N-dealkylation sites (tertiary alicyclic amines) is 1. The van der Waals surface area contributed by atoms with Crippen molar-refractivity contribution in [1.82, 2.24) is 10.2 Å². The minimum atomic E-state index is 0.366. The van der Waals surface area contributed by atoms with Gasteiger partial charge in [0.15, 0.2) is 0 Å². The van der Waals surface area contributed by atoms with E-state index in [2.05, 4.69) is 10.2 Å². The van der Waals surface area contributed by atoms with Gasteiger partial charge < -0.3 is 15.3 Å². The van der Waals surface area contributed by atoms with Crippen molar-refractivity contribution in [1.29, 1.82) is 0 Å². The molecular weight excluding hydrogens is 200 g/mol. The summed E-state index contributed by atoms with van der Waals surface area (Å²) in [5.41, 5.74) is 0. The van der Waals surface area contributed by atoms with Gasteiger partial charge in [-0.15, -0.1) is 0 Å². The maximum Gasteiger partial charge on any atom is 0.0434 e. The van der Waals surface area contributed by atoms with Gasteiger partial charge in [-0.05, 0) is 64.1 Å². The van der Waals surface area contributed by atoms with Gasteiger partial charge >= 0.3 is 0 Å². The first-order valence-electron chi connectivity index (χ1n) is 6.96. The zero-order valence-corrected chi connectivity index (χ0v) is 10.3. The Morgan fingerprint density at radius 1 is 1.12 bits per heavy atom. The van der Waals surface area contributed by atoms with Crippen LogP contribution in [0.5, 0.6) is 0 Å². The highest BCUT2D eigenvalue weighted by atomic mass is 16.3. The van der Waals surface area contributed by atoms with Crippen LogP contribution in [0.3, 0.4) is 0 Å². The van der Waals surface area contributed by atoms with Crippen LogP contribution < -0.4 is 5.32 Å². The van der Waals surface area contributed by atoms with Gasteiger partial charge in [-0.2, -0.15) is 0 Å². The lowest BCUT2D eigenvalue weighted by atomic mass is 9.93. The molecule has 2 rings (SSSR count). The molecule has 0 aromatic heterocycles. The van der Waals surface area contributed by atoms with E-state index >= 15 is 0 Å². The predicted octanol–water partition coefficient (Wildman–Crippen LogP) is 1.22. The summed E-state index contributed by atoms with van der Waals surface area (Å²) in [5, 5.41) is 12.5. The highest BCUT2D eigenvalue weighted by Crippen LogP contribution is 2.24. The number of piperidine rings is 1. The van der Waals surface area contributed by atoms with Gasteiger partial charge in [0.05, 0.1) is 0 Å². The van der Waals surface area contributed by atoms with E-state index in [9.17, 15) is 0 Å². The number of aliphatic hydroxyl groups is 1. The normalized spacial score (nSPS) is 33.6. The summed E-state index contributed by atoms with van der Waals surface area (Å²) in [4.78, 5) is 2.69. The van der Waals surface area contributed by atoms with Crippen LogP contribution >= 0.6 is 0 Å². The lowest BCUT2D eigenvalue weighted by molar-refractivity contribution is 0.101. The fourth-order valence-corrected chi connectivity index (χ4v) is 3.21. The average molecular weight is 226 g/mol. The molecule has 0 aliphatic carbocycles. The van der Waals surface area contributed by atoms with E-state index in [0.717, 1.165) is 18.4 Å². The molecule has 0 aromatic carbocycles. The highest BCUT2D eigenvalue weighted by molar-refractivity contribution is 4.81. The molecule has 0 saturated carbocycles. The number of hydrogen-bond donors (Lipinski definition) is 2. The van der Waals surface area contributed by atoms with E-state index < -0.39 is 0 Å². The average Bonchev–Trinajstić information content (AvgIpc) is 2.58. The number of nitrogens with zero attached hydrogens (tertiary/aromatic N) is 1. The maximum atomic E-state index is 9.03. The van der Waals surface area contributed by atoms with Gasteiger partial charge in [-0.1, -0.05) is 0 Å². The van der Waals surface area contributed by atoms with E-state index in [0.29, 0.717) is 6.61 Å². The fourth-order valence-electron chi connectivity index (χ4n) is 3.21. The smallest absolute Gasteiger partial charge is 0.0434 e. The summed E-state index contributed by atoms with van der Waals surface area (Å²) in [6.07, 6.45) is 7.65. The van der Waals surface area contributed by atoms with Crippen molar-refractivity contribution in [3.8, 4) is 0 Å². The molecule has 0 aromatic rings. The molecule has 2 saturated heterocycles. The van der Waals surface area contributed by atoms with Crippen LogP contribution in [0.25, 0.3) is 0 Å². The van der Waals surface area contributed by atoms with Crippen LogP contribution in [0.4, 0.5) is 0 Å². The van der Waals surface area contributed by atoms with Gasteiger partial charge in [0.2, 0.25) is 0 Å². The quantitative estimate of drug-likeness (QED) is 0.759. The van der Waals surface area contributed by atoms with Gasteiger partial charge in [-0.3, -0.25) is 0 Å². The Morgan fingerprint density at radius 2 is 2.06 bits per heavy atom. The summed E-state index contributed by atoms with van der Waals surface area (Å²) in [5.74, 6) is 0.745. The van der Waals surface area contributed by atoms with E-state index in [-0.39, 0.29) is 0 Å². The first kappa shape index (κ1) is 12.3. The summed E-state index contributed by atoms with van der Waals surface area (Å²) >= 11 is 0. The first-order valence-corrected chi connectivity index (χ1v) is 6.96. The molecule has 3 nitrogen and oxygen atoms in total. The molecule has 0 bridgehead atoms. The van der Waals surface area contributed by atoms with Crippen LogP contribution in [0.15, 0.2) is 0 Å². The van der Waals surface area contributed by atoms with E-state index in [1.807, 2.05) is 0 Å². The Morgan fingerprint density at radius 3 is 2.94 bits per heavy atom. The Labute approximate surface area is 99.2 Å². The van der Waals surface area contributed by atoms with Crippen LogP contribution in [-0.4, -0.2) is 48.8 Å². The van der Waals surface area contributed by atoms with Crippen LogP contribution in [0, 0.1) is 5.92 Å². The minimum absolute atomic E-state index is 0.366. The van der Waals surface area contributed by atoms with E-state index in [4.69, 9.17) is 5.11 Å². The molecule has 2 N–H and O–H groups in total. The maximum absolute atomic E-state index is 9.03. The fraction of sp³-hybridized carbons (Fsp3) is 1.00. The molecule has 0 spiro atoms. The topological polar surface area (TPSA) is 35.5 Å². The minimum Gasteiger partial charge on any atom is -0.396 e. The molecule has 0 radical (unpaired) electrons. The molecule has 2 aliphatic rings. The van der Waals surface area contributed by atoms with Crippen molar-refractivity contribution in [3.63, 3.8) is 0 Å². The molecule has 3 heteroatoms. The van der Waals surface area contributed by atoms with Gasteiger partial charge in [0, 0.05) is 19.2 Å². The van der Waals surface area contributed by atoms with E-state index in [1.165, 1.54) is 58.3 Å². The Kier molecular flexibility index (Phi) is 5.07. The lowest BCUT2D eigenvalue weighted by Crippen LogP contribution is -2.43. The van der Waals surface area contributed by atoms with Crippen LogP contribution in [0.2, 0.25) is 0 Å². The van der Waals surface area contributed by atoms with Gasteiger partial charge in [0.1, 0.15) is 0 Å². The monoisotopic (exact) mass is 226 g/mol. The third-order valence-electron chi connectivity index (χ3n) is 4.15. The molecular formula is C13H26N2O. The zero-order valence-electron chi connectivity index (χ0n) is 10.3. The highest BCUT2D eigenvalue weighted by Gasteiger charge is 2.25. The van der Waals surface area contributed by atoms with Crippen LogP contribution in [-0.2, 0) is 0 Å². The third kappa shape index (κ3) is 3.44. The summed E-state index contributed by atoms with van der Waals surface area (Å²) in [7, 11) is 0. The zero-order chi connectivity index (χ0) is 11.2. The first-order chi connectivity index (χ1) is 7.90. The molecule has 2 unspecified atom stereocenters. The van der Waals surface area contributed by atoms with Crippen molar-refractivity contribution in [2.45, 2.75) is 44.6 Å². The number of nitrogens with one attached hydrogen (secondary N) is 1. The van der Waals surface area contributed by atoms with Crippen molar-refractivity contribution >= 4 is 0 Å². The number of aliphatic hydroxyl groups excluding tert-OH is 1. The molecule has 94 valence electrons. The second-order valence-corrected chi connectivity index (χ2v) is 5.35. The molecule has 2 atom stereocenters. The standard InChI is InChI=1S/C13H26N2O/c16-10-6-12-3-2-9-15(11-12)13-4-1-7-14-8-5-13/h12-14,16H,1-11H2. The number of hydrogen-bond acceptors (Lipinski definition) is 3. The summed E-state index contributed by atoms with van der Waals surface area (Å²) in [6, 6.07) is 0.802. The Bertz CT molecular complexity index is 188. The lowest BCUT2D eigenvalue weighted by Gasteiger charge is -2.38. The van der Waals surface area contributed by atoms with Crippen LogP contribution in [0.1, 0.15) is 38.5 Å². The molecule has 16 heavy (non-hydrogen) atoms. The second-order valence-electron chi connectivity index (χ2n) is 5.35. The van der Waals surface area contributed by atoms with Crippen molar-refractivity contribution in [2.75, 3.05) is 32.8 Å². The van der Waals surface area contributed by atoms with Gasteiger partial charge in [0.25, 0.3) is 0 Å². The third-order valence-corrected chi connectivity index (χ3v) is 4.15. The predicted molar refractivity (Wildman–Crippen MR) is 66.5 cm³/mol. The molecule has 0 amide bonds. The van der Waals surface area contributed by atoms with Crippen molar-refractivity contribution in [3.05, 3.63) is 0 Å².